The molecule has 1 saturated heterocycles. The molecular weight excluding hydrogens is 281 g/mol. The normalized spacial score (nSPS) is 21.0. The molecule has 0 saturated carbocycles. The van der Waals surface area contributed by atoms with Crippen molar-refractivity contribution < 1.29 is 9.13 Å². The highest BCUT2D eigenvalue weighted by molar-refractivity contribution is 5.38. The lowest BCUT2D eigenvalue weighted by Crippen LogP contribution is -2.20. The quantitative estimate of drug-likeness (QED) is 0.938. The van der Waals surface area contributed by atoms with Crippen LogP contribution >= 0.6 is 0 Å². The van der Waals surface area contributed by atoms with E-state index in [4.69, 9.17) is 4.74 Å². The van der Waals surface area contributed by atoms with Gasteiger partial charge in [-0.05, 0) is 32.3 Å². The number of aryl methyl sites for hydroxylation is 2. The molecule has 116 valence electrons. The van der Waals surface area contributed by atoms with Crippen LogP contribution in [0.5, 0.6) is 0 Å². The van der Waals surface area contributed by atoms with Gasteiger partial charge in [-0.3, -0.25) is 0 Å². The van der Waals surface area contributed by atoms with Gasteiger partial charge in [0.15, 0.2) is 11.6 Å². The zero-order chi connectivity index (χ0) is 15.5. The van der Waals surface area contributed by atoms with Crippen molar-refractivity contribution in [3.8, 4) is 0 Å². The summed E-state index contributed by atoms with van der Waals surface area (Å²) in [4.78, 5) is 8.13. The molecule has 5 heteroatoms. The molecule has 2 aromatic rings. The van der Waals surface area contributed by atoms with E-state index in [0.29, 0.717) is 18.1 Å². The van der Waals surface area contributed by atoms with Crippen LogP contribution in [-0.4, -0.2) is 22.6 Å². The number of halogens is 1. The molecule has 0 bridgehead atoms. The van der Waals surface area contributed by atoms with Crippen LogP contribution in [0, 0.1) is 19.7 Å². The third-order valence-corrected chi connectivity index (χ3v) is 3.90. The number of nitrogens with one attached hydrogen (secondary N) is 1. The van der Waals surface area contributed by atoms with Crippen molar-refractivity contribution in [2.24, 2.45) is 0 Å². The molecular formula is C17H20FN3O. The molecule has 4 nitrogen and oxygen atoms in total. The number of nitrogens with zero attached hydrogens (tertiary/aromatic N) is 2. The van der Waals surface area contributed by atoms with Crippen molar-refractivity contribution in [3.05, 3.63) is 53.2 Å². The second-order valence-electron chi connectivity index (χ2n) is 5.63. The predicted molar refractivity (Wildman–Crippen MR) is 83.2 cm³/mol. The summed E-state index contributed by atoms with van der Waals surface area (Å²) < 4.78 is 20.0. The van der Waals surface area contributed by atoms with Crippen molar-refractivity contribution in [2.75, 3.05) is 11.9 Å². The van der Waals surface area contributed by atoms with Gasteiger partial charge in [0, 0.05) is 6.54 Å². The highest BCUT2D eigenvalue weighted by Crippen LogP contribution is 2.32. The molecule has 1 aromatic carbocycles. The van der Waals surface area contributed by atoms with Gasteiger partial charge in [0.2, 0.25) is 0 Å². The van der Waals surface area contributed by atoms with Gasteiger partial charge in [0.05, 0.1) is 17.9 Å². The summed E-state index contributed by atoms with van der Waals surface area (Å²) in [5, 5.41) is 3.06. The van der Waals surface area contributed by atoms with Crippen LogP contribution in [0.2, 0.25) is 0 Å². The Morgan fingerprint density at radius 3 is 2.73 bits per heavy atom. The summed E-state index contributed by atoms with van der Waals surface area (Å²) in [6.45, 7) is 3.96. The van der Waals surface area contributed by atoms with Gasteiger partial charge >= 0.3 is 0 Å². The van der Waals surface area contributed by atoms with E-state index >= 15 is 0 Å². The number of benzene rings is 1. The topological polar surface area (TPSA) is 47.0 Å². The van der Waals surface area contributed by atoms with E-state index in [0.717, 1.165) is 12.8 Å². The third-order valence-electron chi connectivity index (χ3n) is 3.90. The fourth-order valence-electron chi connectivity index (χ4n) is 2.80. The van der Waals surface area contributed by atoms with E-state index in [1.54, 1.807) is 13.8 Å². The number of hydrogen-bond donors (Lipinski definition) is 1. The second kappa shape index (κ2) is 6.40. The zero-order valence-corrected chi connectivity index (χ0v) is 12.8. The molecule has 1 aliphatic rings. The van der Waals surface area contributed by atoms with Gasteiger partial charge < -0.3 is 10.1 Å². The van der Waals surface area contributed by atoms with E-state index in [9.17, 15) is 4.39 Å². The summed E-state index contributed by atoms with van der Waals surface area (Å²) in [6.07, 6.45) is 2.14. The zero-order valence-electron chi connectivity index (χ0n) is 12.8. The Hall–Kier alpha value is -2.01. The van der Waals surface area contributed by atoms with E-state index in [1.165, 1.54) is 5.56 Å². The minimum absolute atomic E-state index is 0.0696. The fourth-order valence-corrected chi connectivity index (χ4v) is 2.80. The molecule has 0 radical (unpaired) electrons. The van der Waals surface area contributed by atoms with Crippen LogP contribution < -0.4 is 5.32 Å². The van der Waals surface area contributed by atoms with Crippen LogP contribution in [0.15, 0.2) is 30.3 Å². The van der Waals surface area contributed by atoms with Crippen LogP contribution in [0.1, 0.15) is 36.0 Å². The van der Waals surface area contributed by atoms with E-state index in [-0.39, 0.29) is 23.8 Å². The maximum absolute atomic E-state index is 14.0. The van der Waals surface area contributed by atoms with Crippen molar-refractivity contribution in [3.63, 3.8) is 0 Å². The van der Waals surface area contributed by atoms with Crippen LogP contribution in [0.4, 0.5) is 10.2 Å². The lowest BCUT2D eigenvalue weighted by atomic mass is 10.1. The first-order valence-electron chi connectivity index (χ1n) is 7.58. The maximum Gasteiger partial charge on any atom is 0.186 e. The number of aromatic nitrogens is 2. The van der Waals surface area contributed by atoms with Crippen LogP contribution in [0.3, 0.4) is 0 Å². The number of anilines is 1. The highest BCUT2D eigenvalue weighted by Gasteiger charge is 2.26. The largest absolute Gasteiger partial charge is 0.368 e. The Balaban J connectivity index is 1.60. The summed E-state index contributed by atoms with van der Waals surface area (Å²) in [7, 11) is 0. The Morgan fingerprint density at radius 2 is 1.95 bits per heavy atom. The number of hydrogen-bond acceptors (Lipinski definition) is 4. The standard InChI is InChI=1S/C17H20FN3O/c1-11-16(18)17(21-12(2)20-11)19-10-14-8-9-15(22-14)13-6-4-3-5-7-13/h3-7,14-15H,8-10H2,1-2H3,(H,19,20,21). The molecule has 1 aliphatic heterocycles. The molecule has 0 amide bonds. The average molecular weight is 301 g/mol. The molecule has 0 aliphatic carbocycles. The van der Waals surface area contributed by atoms with E-state index in [2.05, 4.69) is 27.4 Å². The first kappa shape index (κ1) is 14.9. The van der Waals surface area contributed by atoms with Gasteiger partial charge in [0.1, 0.15) is 5.82 Å². The fraction of sp³-hybridized carbons (Fsp3) is 0.412. The minimum Gasteiger partial charge on any atom is -0.368 e. The summed E-state index contributed by atoms with van der Waals surface area (Å²) in [5.41, 5.74) is 1.56. The van der Waals surface area contributed by atoms with Crippen LogP contribution in [0.25, 0.3) is 0 Å². The molecule has 1 aromatic heterocycles. The highest BCUT2D eigenvalue weighted by atomic mass is 19.1. The van der Waals surface area contributed by atoms with Crippen LogP contribution in [-0.2, 0) is 4.74 Å². The lowest BCUT2D eigenvalue weighted by Gasteiger charge is -2.15. The average Bonchev–Trinajstić information content (AvgIpc) is 2.99. The van der Waals surface area contributed by atoms with Gasteiger partial charge in [0.25, 0.3) is 0 Å². The molecule has 1 fully saturated rings. The molecule has 22 heavy (non-hydrogen) atoms. The van der Waals surface area contributed by atoms with Crippen molar-refractivity contribution in [1.82, 2.24) is 9.97 Å². The SMILES string of the molecule is Cc1nc(C)c(F)c(NCC2CCC(c3ccccc3)O2)n1. The molecule has 2 unspecified atom stereocenters. The van der Waals surface area contributed by atoms with Gasteiger partial charge in [-0.1, -0.05) is 30.3 Å². The number of rotatable bonds is 4. The molecule has 2 atom stereocenters. The molecule has 2 heterocycles. The number of ether oxygens (including phenoxy) is 1. The lowest BCUT2D eigenvalue weighted by molar-refractivity contribution is 0.0521. The van der Waals surface area contributed by atoms with Crippen molar-refractivity contribution in [1.29, 1.82) is 0 Å². The maximum atomic E-state index is 14.0. The molecule has 3 rings (SSSR count). The third kappa shape index (κ3) is 3.25. The Labute approximate surface area is 129 Å². The second-order valence-corrected chi connectivity index (χ2v) is 5.63. The Kier molecular flexibility index (Phi) is 4.34. The van der Waals surface area contributed by atoms with Gasteiger partial charge in [-0.2, -0.15) is 0 Å². The summed E-state index contributed by atoms with van der Waals surface area (Å²) in [5.74, 6) is 0.441. The Bertz CT molecular complexity index is 648. The monoisotopic (exact) mass is 301 g/mol. The van der Waals surface area contributed by atoms with Crippen molar-refractivity contribution >= 4 is 5.82 Å². The predicted octanol–water partition coefficient (Wildman–Crippen LogP) is 3.56. The van der Waals surface area contributed by atoms with E-state index in [1.807, 2.05) is 18.2 Å². The first-order valence-corrected chi connectivity index (χ1v) is 7.58. The smallest absolute Gasteiger partial charge is 0.186 e. The summed E-state index contributed by atoms with van der Waals surface area (Å²) in [6, 6.07) is 10.2. The van der Waals surface area contributed by atoms with E-state index < -0.39 is 0 Å². The minimum atomic E-state index is -0.386. The first-order chi connectivity index (χ1) is 10.6. The molecule has 0 spiro atoms. The Morgan fingerprint density at radius 1 is 1.18 bits per heavy atom. The van der Waals surface area contributed by atoms with Crippen molar-refractivity contribution in [2.45, 2.75) is 38.9 Å². The molecule has 1 N–H and O–H groups in total. The van der Waals surface area contributed by atoms with Gasteiger partial charge in [-0.25, -0.2) is 14.4 Å². The van der Waals surface area contributed by atoms with Gasteiger partial charge in [-0.15, -0.1) is 0 Å². The summed E-state index contributed by atoms with van der Waals surface area (Å²) >= 11 is 0.